The number of aromatic nitrogens is 3. The van der Waals surface area contributed by atoms with Crippen LogP contribution in [-0.2, 0) is 19.6 Å². The molecule has 212 valence electrons. The van der Waals surface area contributed by atoms with Gasteiger partial charge in [0, 0.05) is 62.4 Å². The van der Waals surface area contributed by atoms with Gasteiger partial charge in [-0.2, -0.15) is 4.31 Å². The molecule has 3 aromatic rings. The highest BCUT2D eigenvalue weighted by Gasteiger charge is 2.38. The lowest BCUT2D eigenvalue weighted by Gasteiger charge is -2.38. The first kappa shape index (κ1) is 25.7. The Labute approximate surface area is 233 Å². The lowest BCUT2D eigenvalue weighted by molar-refractivity contribution is -0.119. The van der Waals surface area contributed by atoms with Crippen LogP contribution >= 0.6 is 0 Å². The van der Waals surface area contributed by atoms with Crippen LogP contribution in [0.5, 0.6) is 5.88 Å². The summed E-state index contributed by atoms with van der Waals surface area (Å²) >= 11 is 0. The fraction of sp³-hybridized carbons (Fsp3) is 0.536. The number of benzene rings is 1. The average Bonchev–Trinajstić information content (AvgIpc) is 3.52. The molecule has 1 amide bonds. The molecular weight excluding hydrogens is 532 g/mol. The molecule has 12 heteroatoms. The SMILES string of the molecule is C[C@@H](Oc1nc(-c2ccc(N3CCN(S(=O)(=O)C4COC4)CC3)cc2)cc2ncn(C3CC3)c12)C1CNC(=O)C1. The number of nitrogens with one attached hydrogen (secondary N) is 1. The molecule has 0 bridgehead atoms. The summed E-state index contributed by atoms with van der Waals surface area (Å²) in [5, 5.41) is 2.50. The van der Waals surface area contributed by atoms with Crippen molar-refractivity contribution in [1.82, 2.24) is 24.2 Å². The molecule has 0 spiro atoms. The van der Waals surface area contributed by atoms with Crippen LogP contribution < -0.4 is 15.0 Å². The number of fused-ring (bicyclic) bond motifs is 1. The minimum atomic E-state index is -3.28. The first-order valence-electron chi connectivity index (χ1n) is 14.1. The normalized spacial score (nSPS) is 23.3. The van der Waals surface area contributed by atoms with E-state index in [0.29, 0.717) is 64.3 Å². The van der Waals surface area contributed by atoms with E-state index in [4.69, 9.17) is 19.4 Å². The fourth-order valence-electron chi connectivity index (χ4n) is 5.76. The number of carbonyl (C=O) groups excluding carboxylic acids is 1. The molecule has 40 heavy (non-hydrogen) atoms. The van der Waals surface area contributed by atoms with E-state index in [1.54, 1.807) is 4.31 Å². The van der Waals surface area contributed by atoms with Gasteiger partial charge in [0.25, 0.3) is 0 Å². The van der Waals surface area contributed by atoms with Crippen LogP contribution in [0.25, 0.3) is 22.3 Å². The molecule has 4 fully saturated rings. The number of nitrogens with zero attached hydrogens (tertiary/aromatic N) is 5. The van der Waals surface area contributed by atoms with Crippen LogP contribution in [-0.4, -0.2) is 90.5 Å². The van der Waals surface area contributed by atoms with Gasteiger partial charge in [-0.15, -0.1) is 0 Å². The molecule has 11 nitrogen and oxygen atoms in total. The Kier molecular flexibility index (Phi) is 6.43. The molecule has 3 aliphatic heterocycles. The standard InChI is InChI=1S/C28H34N6O5S/c1-18(20-12-26(35)29-14-20)39-28-27-25(30-17-34(27)22-6-7-22)13-24(31-28)19-2-4-21(5-3-19)32-8-10-33(11-9-32)40(36,37)23-15-38-16-23/h2-5,13,17-18,20,22-23H,6-12,14-16H2,1H3,(H,29,35)/t18-,20?/m1/s1. The van der Waals surface area contributed by atoms with Crippen LogP contribution in [0.3, 0.4) is 0 Å². The number of piperazine rings is 1. The summed E-state index contributed by atoms with van der Waals surface area (Å²) < 4.78 is 40.8. The molecule has 4 aliphatic rings. The van der Waals surface area contributed by atoms with E-state index in [1.807, 2.05) is 31.5 Å². The highest BCUT2D eigenvalue weighted by atomic mass is 32.2. The number of carbonyl (C=O) groups is 1. The topological polar surface area (TPSA) is 119 Å². The van der Waals surface area contributed by atoms with Crippen molar-refractivity contribution < 1.29 is 22.7 Å². The lowest BCUT2D eigenvalue weighted by atomic mass is 10.0. The molecule has 1 aromatic carbocycles. The molecule has 1 N–H and O–H groups in total. The predicted molar refractivity (Wildman–Crippen MR) is 150 cm³/mol. The van der Waals surface area contributed by atoms with Crippen molar-refractivity contribution in [2.24, 2.45) is 5.92 Å². The highest BCUT2D eigenvalue weighted by Crippen LogP contribution is 2.40. The van der Waals surface area contributed by atoms with Gasteiger partial charge in [0.15, 0.2) is 0 Å². The van der Waals surface area contributed by atoms with Gasteiger partial charge in [0.1, 0.15) is 16.9 Å². The second-order valence-corrected chi connectivity index (χ2v) is 13.5. The third-order valence-corrected chi connectivity index (χ3v) is 10.8. The Morgan fingerprint density at radius 1 is 1.10 bits per heavy atom. The van der Waals surface area contributed by atoms with Gasteiger partial charge >= 0.3 is 0 Å². The maximum atomic E-state index is 12.7. The lowest BCUT2D eigenvalue weighted by Crippen LogP contribution is -2.55. The third-order valence-electron chi connectivity index (χ3n) is 8.59. The number of imidazole rings is 1. The first-order valence-corrected chi connectivity index (χ1v) is 15.6. The molecule has 3 saturated heterocycles. The number of anilines is 1. The summed E-state index contributed by atoms with van der Waals surface area (Å²) in [4.78, 5) is 23.7. The zero-order valence-electron chi connectivity index (χ0n) is 22.5. The molecule has 1 aliphatic carbocycles. The summed E-state index contributed by atoms with van der Waals surface area (Å²) in [6.07, 6.45) is 4.42. The van der Waals surface area contributed by atoms with E-state index < -0.39 is 15.3 Å². The second kappa shape index (κ2) is 10.0. The number of rotatable bonds is 8. The van der Waals surface area contributed by atoms with E-state index in [2.05, 4.69) is 26.9 Å². The molecule has 1 unspecified atom stereocenters. The monoisotopic (exact) mass is 566 g/mol. The molecule has 1 saturated carbocycles. The van der Waals surface area contributed by atoms with Crippen LogP contribution in [0.1, 0.15) is 32.2 Å². The van der Waals surface area contributed by atoms with Crippen molar-refractivity contribution >= 4 is 32.7 Å². The van der Waals surface area contributed by atoms with Crippen molar-refractivity contribution in [2.45, 2.75) is 43.6 Å². The molecule has 5 heterocycles. The first-order chi connectivity index (χ1) is 19.4. The maximum absolute atomic E-state index is 12.7. The zero-order valence-corrected chi connectivity index (χ0v) is 23.3. The Bertz CT molecular complexity index is 1520. The van der Waals surface area contributed by atoms with E-state index >= 15 is 0 Å². The minimum absolute atomic E-state index is 0.0615. The Balaban J connectivity index is 1.11. The van der Waals surface area contributed by atoms with Gasteiger partial charge in [0.05, 0.1) is 30.8 Å². The van der Waals surface area contributed by atoms with Crippen LogP contribution in [0, 0.1) is 5.92 Å². The number of hydrogen-bond donors (Lipinski definition) is 1. The zero-order chi connectivity index (χ0) is 27.4. The van der Waals surface area contributed by atoms with Gasteiger partial charge in [-0.25, -0.2) is 18.4 Å². The fourth-order valence-corrected chi connectivity index (χ4v) is 7.39. The largest absolute Gasteiger partial charge is 0.473 e. The minimum Gasteiger partial charge on any atom is -0.473 e. The number of amides is 1. The predicted octanol–water partition coefficient (Wildman–Crippen LogP) is 2.19. The summed E-state index contributed by atoms with van der Waals surface area (Å²) in [5.41, 5.74) is 4.54. The molecule has 2 atom stereocenters. The van der Waals surface area contributed by atoms with Crippen LogP contribution in [0.2, 0.25) is 0 Å². The highest BCUT2D eigenvalue weighted by molar-refractivity contribution is 7.89. The van der Waals surface area contributed by atoms with Gasteiger partial charge in [-0.1, -0.05) is 12.1 Å². The molecule has 7 rings (SSSR count). The van der Waals surface area contributed by atoms with Gasteiger partial charge < -0.3 is 24.3 Å². The molecule has 2 aromatic heterocycles. The van der Waals surface area contributed by atoms with E-state index in [0.717, 1.165) is 40.8 Å². The van der Waals surface area contributed by atoms with Crippen molar-refractivity contribution in [3.8, 4) is 17.1 Å². The van der Waals surface area contributed by atoms with Crippen molar-refractivity contribution in [2.75, 3.05) is 50.8 Å². The van der Waals surface area contributed by atoms with Crippen molar-refractivity contribution in [3.63, 3.8) is 0 Å². The van der Waals surface area contributed by atoms with E-state index in [-0.39, 0.29) is 17.9 Å². The van der Waals surface area contributed by atoms with Crippen molar-refractivity contribution in [1.29, 1.82) is 0 Å². The second-order valence-electron chi connectivity index (χ2n) is 11.3. The van der Waals surface area contributed by atoms with Crippen LogP contribution in [0.4, 0.5) is 5.69 Å². The van der Waals surface area contributed by atoms with E-state index in [9.17, 15) is 13.2 Å². The van der Waals surface area contributed by atoms with Crippen molar-refractivity contribution in [3.05, 3.63) is 36.7 Å². The Hall–Kier alpha value is -3.22. The summed E-state index contributed by atoms with van der Waals surface area (Å²) in [5.74, 6) is 0.718. The van der Waals surface area contributed by atoms with Crippen LogP contribution in [0.15, 0.2) is 36.7 Å². The molecule has 0 radical (unpaired) electrons. The number of pyridine rings is 1. The number of ether oxygens (including phenoxy) is 2. The van der Waals surface area contributed by atoms with E-state index in [1.165, 1.54) is 0 Å². The number of hydrogen-bond acceptors (Lipinski definition) is 8. The summed E-state index contributed by atoms with van der Waals surface area (Å²) in [7, 11) is -3.28. The summed E-state index contributed by atoms with van der Waals surface area (Å²) in [6, 6.07) is 10.7. The molecular formula is C28H34N6O5S. The average molecular weight is 567 g/mol. The summed E-state index contributed by atoms with van der Waals surface area (Å²) in [6.45, 7) is 5.45. The van der Waals surface area contributed by atoms with Gasteiger partial charge in [0.2, 0.25) is 21.8 Å². The van der Waals surface area contributed by atoms with Gasteiger partial charge in [-0.3, -0.25) is 4.79 Å². The number of sulfonamides is 1. The Morgan fingerprint density at radius 2 is 1.85 bits per heavy atom. The van der Waals surface area contributed by atoms with Gasteiger partial charge in [-0.05, 0) is 38.0 Å². The smallest absolute Gasteiger partial charge is 0.241 e. The Morgan fingerprint density at radius 3 is 2.48 bits per heavy atom. The quantitative estimate of drug-likeness (QED) is 0.441. The third kappa shape index (κ3) is 4.71. The maximum Gasteiger partial charge on any atom is 0.241 e.